The van der Waals surface area contributed by atoms with Crippen molar-refractivity contribution in [2.24, 2.45) is 0 Å². The number of H-pyrrole nitrogens is 1. The first-order chi connectivity index (χ1) is 10.3. The number of anilines is 2. The molecule has 1 amide bonds. The third-order valence-electron chi connectivity index (χ3n) is 3.56. The molecular weight excluding hydrogens is 268 g/mol. The summed E-state index contributed by atoms with van der Waals surface area (Å²) in [6.07, 6.45) is 1.64. The number of hydrogen-bond acceptors (Lipinski definition) is 4. The van der Waals surface area contributed by atoms with Crippen LogP contribution in [0.3, 0.4) is 0 Å². The van der Waals surface area contributed by atoms with Crippen molar-refractivity contribution in [3.8, 4) is 0 Å². The number of carbonyl (C=O) groups excluding carboxylic acids is 1. The number of carbonyl (C=O) groups is 1. The van der Waals surface area contributed by atoms with Crippen LogP contribution in [-0.4, -0.2) is 42.4 Å². The molecule has 0 bridgehead atoms. The maximum atomic E-state index is 12.3. The molecule has 1 fully saturated rings. The van der Waals surface area contributed by atoms with Gasteiger partial charge in [-0.15, -0.1) is 0 Å². The van der Waals surface area contributed by atoms with Crippen molar-refractivity contribution in [1.82, 2.24) is 10.2 Å². The summed E-state index contributed by atoms with van der Waals surface area (Å²) in [6.45, 7) is 4.93. The number of para-hydroxylation sites is 2. The molecule has 0 unspecified atom stereocenters. The summed E-state index contributed by atoms with van der Waals surface area (Å²) in [6, 6.07) is 7.82. The number of nitrogens with one attached hydrogen (secondary N) is 2. The van der Waals surface area contributed by atoms with Crippen LogP contribution in [0, 0.1) is 6.92 Å². The Morgan fingerprint density at radius 3 is 2.81 bits per heavy atom. The fourth-order valence-corrected chi connectivity index (χ4v) is 2.42. The van der Waals surface area contributed by atoms with E-state index in [1.165, 1.54) is 0 Å². The summed E-state index contributed by atoms with van der Waals surface area (Å²) in [5.74, 6) is -0.175. The normalized spacial score (nSPS) is 15.0. The molecule has 1 aliphatic rings. The van der Waals surface area contributed by atoms with E-state index in [1.54, 1.807) is 6.20 Å². The Hall–Kier alpha value is -2.34. The van der Waals surface area contributed by atoms with Gasteiger partial charge < -0.3 is 15.0 Å². The Kier molecular flexibility index (Phi) is 3.87. The van der Waals surface area contributed by atoms with E-state index in [1.807, 2.05) is 31.2 Å². The fraction of sp³-hybridized carbons (Fsp3) is 0.333. The highest BCUT2D eigenvalue weighted by atomic mass is 16.5. The van der Waals surface area contributed by atoms with Crippen molar-refractivity contribution in [2.45, 2.75) is 6.92 Å². The van der Waals surface area contributed by atoms with E-state index in [9.17, 15) is 4.79 Å². The highest BCUT2D eigenvalue weighted by Gasteiger charge is 2.17. The molecule has 2 heterocycles. The second-order valence-electron chi connectivity index (χ2n) is 5.00. The molecular formula is C15H18N4O2. The van der Waals surface area contributed by atoms with E-state index in [0.717, 1.165) is 30.0 Å². The molecule has 2 N–H and O–H groups in total. The van der Waals surface area contributed by atoms with Crippen LogP contribution in [0.4, 0.5) is 11.4 Å². The molecule has 1 aromatic carbocycles. The lowest BCUT2D eigenvalue weighted by atomic mass is 10.2. The van der Waals surface area contributed by atoms with Gasteiger partial charge >= 0.3 is 0 Å². The van der Waals surface area contributed by atoms with E-state index < -0.39 is 0 Å². The SMILES string of the molecule is Cc1cn[nH]c1C(=O)Nc1ccccc1N1CCOCC1. The molecule has 0 aliphatic carbocycles. The standard InChI is InChI=1S/C15H18N4O2/c1-11-10-16-18-14(11)15(20)17-12-4-2-3-5-13(12)19-6-8-21-9-7-19/h2-5,10H,6-9H2,1H3,(H,16,18)(H,17,20). The van der Waals surface area contributed by atoms with Gasteiger partial charge in [-0.25, -0.2) is 0 Å². The van der Waals surface area contributed by atoms with Gasteiger partial charge in [-0.05, 0) is 24.6 Å². The number of aromatic amines is 1. The minimum absolute atomic E-state index is 0.175. The maximum absolute atomic E-state index is 12.3. The number of benzene rings is 1. The lowest BCUT2D eigenvalue weighted by molar-refractivity contribution is 0.102. The number of amides is 1. The van der Waals surface area contributed by atoms with Crippen molar-refractivity contribution in [3.05, 3.63) is 41.7 Å². The summed E-state index contributed by atoms with van der Waals surface area (Å²) in [5, 5.41) is 9.57. The minimum Gasteiger partial charge on any atom is -0.378 e. The molecule has 6 heteroatoms. The molecule has 21 heavy (non-hydrogen) atoms. The summed E-state index contributed by atoms with van der Waals surface area (Å²) in [5.41, 5.74) is 3.15. The Labute approximate surface area is 123 Å². The van der Waals surface area contributed by atoms with Gasteiger partial charge in [0.25, 0.3) is 5.91 Å². The van der Waals surface area contributed by atoms with Gasteiger partial charge in [0.15, 0.2) is 0 Å². The molecule has 2 aromatic rings. The molecule has 3 rings (SSSR count). The first-order valence-electron chi connectivity index (χ1n) is 6.99. The highest BCUT2D eigenvalue weighted by molar-refractivity contribution is 6.05. The highest BCUT2D eigenvalue weighted by Crippen LogP contribution is 2.26. The zero-order valence-corrected chi connectivity index (χ0v) is 11.9. The van der Waals surface area contributed by atoms with Gasteiger partial charge in [-0.1, -0.05) is 12.1 Å². The minimum atomic E-state index is -0.175. The summed E-state index contributed by atoms with van der Waals surface area (Å²) in [7, 11) is 0. The Morgan fingerprint density at radius 2 is 2.10 bits per heavy atom. The maximum Gasteiger partial charge on any atom is 0.273 e. The molecule has 1 saturated heterocycles. The van der Waals surface area contributed by atoms with Crippen molar-refractivity contribution in [3.63, 3.8) is 0 Å². The topological polar surface area (TPSA) is 70.2 Å². The Morgan fingerprint density at radius 1 is 1.33 bits per heavy atom. The molecule has 1 aromatic heterocycles. The van der Waals surface area contributed by atoms with Gasteiger partial charge in [0.1, 0.15) is 5.69 Å². The van der Waals surface area contributed by atoms with Gasteiger partial charge in [-0.3, -0.25) is 9.89 Å². The second kappa shape index (κ2) is 5.97. The number of rotatable bonds is 3. The van der Waals surface area contributed by atoms with Crippen molar-refractivity contribution >= 4 is 17.3 Å². The van der Waals surface area contributed by atoms with E-state index in [-0.39, 0.29) is 5.91 Å². The second-order valence-corrected chi connectivity index (χ2v) is 5.00. The lowest BCUT2D eigenvalue weighted by Gasteiger charge is -2.30. The average molecular weight is 286 g/mol. The van der Waals surface area contributed by atoms with Crippen LogP contribution in [0.5, 0.6) is 0 Å². The van der Waals surface area contributed by atoms with Crippen molar-refractivity contribution in [1.29, 1.82) is 0 Å². The van der Waals surface area contributed by atoms with Crippen LogP contribution in [0.2, 0.25) is 0 Å². The Balaban J connectivity index is 1.82. The summed E-state index contributed by atoms with van der Waals surface area (Å²) in [4.78, 5) is 14.5. The van der Waals surface area contributed by atoms with Crippen LogP contribution in [0.15, 0.2) is 30.5 Å². The van der Waals surface area contributed by atoms with Crippen LogP contribution >= 0.6 is 0 Å². The molecule has 0 radical (unpaired) electrons. The van der Waals surface area contributed by atoms with Gasteiger partial charge in [0.05, 0.1) is 30.8 Å². The van der Waals surface area contributed by atoms with E-state index >= 15 is 0 Å². The first kappa shape index (κ1) is 13.6. The number of aryl methyl sites for hydroxylation is 1. The quantitative estimate of drug-likeness (QED) is 0.902. The molecule has 0 atom stereocenters. The van der Waals surface area contributed by atoms with Gasteiger partial charge in [0, 0.05) is 13.1 Å². The predicted octanol–water partition coefficient (Wildman–Crippen LogP) is 1.81. The summed E-state index contributed by atoms with van der Waals surface area (Å²) < 4.78 is 5.37. The first-order valence-corrected chi connectivity index (χ1v) is 6.99. The van der Waals surface area contributed by atoms with Crippen LogP contribution in [-0.2, 0) is 4.74 Å². The number of hydrogen-bond donors (Lipinski definition) is 2. The number of morpholine rings is 1. The fourth-order valence-electron chi connectivity index (χ4n) is 2.42. The zero-order chi connectivity index (χ0) is 14.7. The Bertz CT molecular complexity index is 632. The van der Waals surface area contributed by atoms with E-state index in [0.29, 0.717) is 18.9 Å². The molecule has 1 aliphatic heterocycles. The van der Waals surface area contributed by atoms with Crippen molar-refractivity contribution < 1.29 is 9.53 Å². The van der Waals surface area contributed by atoms with Crippen LogP contribution in [0.1, 0.15) is 16.1 Å². The van der Waals surface area contributed by atoms with Gasteiger partial charge in [0.2, 0.25) is 0 Å². The molecule has 6 nitrogen and oxygen atoms in total. The van der Waals surface area contributed by atoms with Crippen LogP contribution < -0.4 is 10.2 Å². The lowest BCUT2D eigenvalue weighted by Crippen LogP contribution is -2.36. The smallest absolute Gasteiger partial charge is 0.273 e. The molecule has 110 valence electrons. The number of aromatic nitrogens is 2. The number of ether oxygens (including phenoxy) is 1. The molecule has 0 saturated carbocycles. The largest absolute Gasteiger partial charge is 0.378 e. The predicted molar refractivity (Wildman–Crippen MR) is 80.8 cm³/mol. The average Bonchev–Trinajstić information content (AvgIpc) is 2.95. The third kappa shape index (κ3) is 2.90. The molecule has 0 spiro atoms. The monoisotopic (exact) mass is 286 g/mol. The van der Waals surface area contributed by atoms with Gasteiger partial charge in [-0.2, -0.15) is 5.10 Å². The number of nitrogens with zero attached hydrogens (tertiary/aromatic N) is 2. The van der Waals surface area contributed by atoms with Crippen molar-refractivity contribution in [2.75, 3.05) is 36.5 Å². The zero-order valence-electron chi connectivity index (χ0n) is 11.9. The van der Waals surface area contributed by atoms with Crippen LogP contribution in [0.25, 0.3) is 0 Å². The van der Waals surface area contributed by atoms with E-state index in [2.05, 4.69) is 20.4 Å². The summed E-state index contributed by atoms with van der Waals surface area (Å²) >= 11 is 0. The van der Waals surface area contributed by atoms with E-state index in [4.69, 9.17) is 4.74 Å². The third-order valence-corrected chi connectivity index (χ3v) is 3.56.